The standard InChI is InChI=1S/C16H12F3NO2/c1-10(21)8-15(22)14-7-3-6-13(20-14)11-4-2-5-12(9-11)16(17,18)19/h2-7,9H,8H2,1H3. The summed E-state index contributed by atoms with van der Waals surface area (Å²) in [6.07, 6.45) is -4.73. The first-order valence-electron chi connectivity index (χ1n) is 6.44. The number of pyridine rings is 1. The number of Topliss-reactive ketones (excluding diaryl/α,β-unsaturated/α-hetero) is 2. The number of carbonyl (C=O) groups is 2. The van der Waals surface area contributed by atoms with Crippen molar-refractivity contribution in [2.24, 2.45) is 0 Å². The summed E-state index contributed by atoms with van der Waals surface area (Å²) in [7, 11) is 0. The van der Waals surface area contributed by atoms with Gasteiger partial charge in [-0.25, -0.2) is 4.98 Å². The molecule has 6 heteroatoms. The fourth-order valence-electron chi connectivity index (χ4n) is 1.92. The number of hydrogen-bond acceptors (Lipinski definition) is 3. The summed E-state index contributed by atoms with van der Waals surface area (Å²) in [6, 6.07) is 9.18. The van der Waals surface area contributed by atoms with Gasteiger partial charge in [0, 0.05) is 5.56 Å². The minimum atomic E-state index is -4.45. The molecule has 1 heterocycles. The van der Waals surface area contributed by atoms with Crippen molar-refractivity contribution in [3.63, 3.8) is 0 Å². The second-order valence-corrected chi connectivity index (χ2v) is 4.79. The average Bonchev–Trinajstić information content (AvgIpc) is 2.46. The first-order valence-corrected chi connectivity index (χ1v) is 6.44. The van der Waals surface area contributed by atoms with Crippen LogP contribution in [0.15, 0.2) is 42.5 Å². The third-order valence-electron chi connectivity index (χ3n) is 2.93. The van der Waals surface area contributed by atoms with Crippen LogP contribution in [0, 0.1) is 0 Å². The molecule has 0 fully saturated rings. The van der Waals surface area contributed by atoms with E-state index in [1.807, 2.05) is 0 Å². The molecule has 0 saturated carbocycles. The van der Waals surface area contributed by atoms with Crippen LogP contribution in [0.5, 0.6) is 0 Å². The molecule has 2 aromatic rings. The monoisotopic (exact) mass is 307 g/mol. The molecule has 114 valence electrons. The maximum atomic E-state index is 12.7. The first kappa shape index (κ1) is 15.9. The largest absolute Gasteiger partial charge is 0.416 e. The van der Waals surface area contributed by atoms with Crippen molar-refractivity contribution in [3.8, 4) is 11.3 Å². The Bertz CT molecular complexity index is 723. The maximum absolute atomic E-state index is 12.7. The third kappa shape index (κ3) is 3.78. The maximum Gasteiger partial charge on any atom is 0.416 e. The molecule has 0 bridgehead atoms. The summed E-state index contributed by atoms with van der Waals surface area (Å²) < 4.78 is 38.2. The van der Waals surface area contributed by atoms with Gasteiger partial charge in [0.05, 0.1) is 17.7 Å². The van der Waals surface area contributed by atoms with E-state index >= 15 is 0 Å². The zero-order valence-electron chi connectivity index (χ0n) is 11.6. The molecule has 0 spiro atoms. The van der Waals surface area contributed by atoms with E-state index in [9.17, 15) is 22.8 Å². The van der Waals surface area contributed by atoms with Crippen LogP contribution < -0.4 is 0 Å². The molecular weight excluding hydrogens is 295 g/mol. The smallest absolute Gasteiger partial charge is 0.300 e. The van der Waals surface area contributed by atoms with E-state index in [0.717, 1.165) is 12.1 Å². The minimum absolute atomic E-state index is 0.0603. The van der Waals surface area contributed by atoms with E-state index in [1.165, 1.54) is 37.3 Å². The van der Waals surface area contributed by atoms with Crippen LogP contribution >= 0.6 is 0 Å². The van der Waals surface area contributed by atoms with Crippen molar-refractivity contribution in [1.29, 1.82) is 0 Å². The molecule has 3 nitrogen and oxygen atoms in total. The van der Waals surface area contributed by atoms with Gasteiger partial charge in [0.2, 0.25) is 0 Å². The molecule has 1 aromatic carbocycles. The van der Waals surface area contributed by atoms with Crippen molar-refractivity contribution in [1.82, 2.24) is 4.98 Å². The summed E-state index contributed by atoms with van der Waals surface area (Å²) >= 11 is 0. The SMILES string of the molecule is CC(=O)CC(=O)c1cccc(-c2cccc(C(F)(F)F)c2)n1. The van der Waals surface area contributed by atoms with Gasteiger partial charge < -0.3 is 0 Å². The van der Waals surface area contributed by atoms with Gasteiger partial charge in [-0.15, -0.1) is 0 Å². The predicted molar refractivity (Wildman–Crippen MR) is 74.3 cm³/mol. The van der Waals surface area contributed by atoms with E-state index in [-0.39, 0.29) is 29.2 Å². The topological polar surface area (TPSA) is 47.0 Å². The summed E-state index contributed by atoms with van der Waals surface area (Å²) in [5, 5.41) is 0. The van der Waals surface area contributed by atoms with Gasteiger partial charge in [-0.3, -0.25) is 9.59 Å². The van der Waals surface area contributed by atoms with E-state index in [4.69, 9.17) is 0 Å². The predicted octanol–water partition coefficient (Wildman–Crippen LogP) is 3.93. The van der Waals surface area contributed by atoms with Gasteiger partial charge in [-0.1, -0.05) is 18.2 Å². The van der Waals surface area contributed by atoms with Gasteiger partial charge in [0.1, 0.15) is 11.5 Å². The molecule has 0 aliphatic carbocycles. The average molecular weight is 307 g/mol. The zero-order valence-corrected chi connectivity index (χ0v) is 11.6. The summed E-state index contributed by atoms with van der Waals surface area (Å²) in [5.74, 6) is -0.752. The van der Waals surface area contributed by atoms with Gasteiger partial charge in [0.25, 0.3) is 0 Å². The van der Waals surface area contributed by atoms with Crippen molar-refractivity contribution in [2.75, 3.05) is 0 Å². The van der Waals surface area contributed by atoms with Crippen LogP contribution in [0.3, 0.4) is 0 Å². The number of nitrogens with zero attached hydrogens (tertiary/aromatic N) is 1. The van der Waals surface area contributed by atoms with E-state index in [1.54, 1.807) is 0 Å². The number of aromatic nitrogens is 1. The molecule has 0 radical (unpaired) electrons. The van der Waals surface area contributed by atoms with Gasteiger partial charge in [0.15, 0.2) is 5.78 Å². The quantitative estimate of drug-likeness (QED) is 0.635. The van der Waals surface area contributed by atoms with Crippen molar-refractivity contribution >= 4 is 11.6 Å². The van der Waals surface area contributed by atoms with E-state index in [2.05, 4.69) is 4.98 Å². The molecule has 1 aromatic heterocycles. The minimum Gasteiger partial charge on any atom is -0.300 e. The highest BCUT2D eigenvalue weighted by Crippen LogP contribution is 2.31. The molecule has 0 N–H and O–H groups in total. The highest BCUT2D eigenvalue weighted by molar-refractivity contribution is 6.06. The summed E-state index contributed by atoms with van der Waals surface area (Å²) in [5.41, 5.74) is -0.217. The number of rotatable bonds is 4. The molecule has 2 rings (SSSR count). The fourth-order valence-corrected chi connectivity index (χ4v) is 1.92. The number of hydrogen-bond donors (Lipinski definition) is 0. The first-order chi connectivity index (χ1) is 10.3. The zero-order chi connectivity index (χ0) is 16.3. The summed E-state index contributed by atoms with van der Waals surface area (Å²) in [6.45, 7) is 1.29. The fraction of sp³-hybridized carbons (Fsp3) is 0.188. The van der Waals surface area contributed by atoms with Crippen molar-refractivity contribution in [3.05, 3.63) is 53.7 Å². The molecule has 22 heavy (non-hydrogen) atoms. The molecular formula is C16H12F3NO2. The number of benzene rings is 1. The highest BCUT2D eigenvalue weighted by Gasteiger charge is 2.30. The van der Waals surface area contributed by atoms with E-state index < -0.39 is 17.5 Å². The van der Waals surface area contributed by atoms with E-state index in [0.29, 0.717) is 0 Å². The molecule has 0 aliphatic rings. The van der Waals surface area contributed by atoms with Gasteiger partial charge in [-0.2, -0.15) is 13.2 Å². The lowest BCUT2D eigenvalue weighted by Crippen LogP contribution is -2.08. The van der Waals surface area contributed by atoms with Crippen molar-refractivity contribution in [2.45, 2.75) is 19.5 Å². The Hall–Kier alpha value is -2.50. The molecule has 0 unspecified atom stereocenters. The van der Waals surface area contributed by atoms with Crippen molar-refractivity contribution < 1.29 is 22.8 Å². The molecule has 0 aliphatic heterocycles. The lowest BCUT2D eigenvalue weighted by Gasteiger charge is -2.09. The number of halogens is 3. The normalized spacial score (nSPS) is 11.3. The molecule has 0 amide bonds. The number of alkyl halides is 3. The molecule has 0 atom stereocenters. The Labute approximate surface area is 124 Å². The van der Waals surface area contributed by atoms with Crippen LogP contribution in [-0.2, 0) is 11.0 Å². The highest BCUT2D eigenvalue weighted by atomic mass is 19.4. The van der Waals surface area contributed by atoms with Crippen LogP contribution in [0.2, 0.25) is 0 Å². The Balaban J connectivity index is 2.38. The van der Waals surface area contributed by atoms with Crippen LogP contribution in [0.1, 0.15) is 29.4 Å². The third-order valence-corrected chi connectivity index (χ3v) is 2.93. The second kappa shape index (κ2) is 6.09. The Morgan fingerprint density at radius 2 is 1.77 bits per heavy atom. The molecule has 0 saturated heterocycles. The second-order valence-electron chi connectivity index (χ2n) is 4.79. The number of ketones is 2. The van der Waals surface area contributed by atoms with Gasteiger partial charge >= 0.3 is 6.18 Å². The Morgan fingerprint density at radius 3 is 2.41 bits per heavy atom. The Kier molecular flexibility index (Phi) is 4.40. The van der Waals surface area contributed by atoms with Crippen LogP contribution in [-0.4, -0.2) is 16.6 Å². The van der Waals surface area contributed by atoms with Crippen LogP contribution in [0.25, 0.3) is 11.3 Å². The van der Waals surface area contributed by atoms with Gasteiger partial charge in [-0.05, 0) is 31.2 Å². The van der Waals surface area contributed by atoms with Crippen LogP contribution in [0.4, 0.5) is 13.2 Å². The number of carbonyl (C=O) groups excluding carboxylic acids is 2. The summed E-state index contributed by atoms with van der Waals surface area (Å²) in [4.78, 5) is 26.8. The lowest BCUT2D eigenvalue weighted by atomic mass is 10.1. The lowest BCUT2D eigenvalue weighted by molar-refractivity contribution is -0.137. The Morgan fingerprint density at radius 1 is 1.09 bits per heavy atom.